The fourth-order valence-corrected chi connectivity index (χ4v) is 7.76. The van der Waals surface area contributed by atoms with E-state index < -0.39 is 30.5 Å². The molecule has 4 atom stereocenters. The highest BCUT2D eigenvalue weighted by Crippen LogP contribution is 2.47. The van der Waals surface area contributed by atoms with E-state index in [0.29, 0.717) is 30.4 Å². The lowest BCUT2D eigenvalue weighted by molar-refractivity contribution is -0.144. The van der Waals surface area contributed by atoms with Gasteiger partial charge in [-0.15, -0.1) is 0 Å². The number of allylic oxidation sites excluding steroid dienone is 1. The van der Waals surface area contributed by atoms with Gasteiger partial charge in [0.2, 0.25) is 11.8 Å². The topological polar surface area (TPSA) is 134 Å². The SMILES string of the molecule is O=C1[C@@H]2[C@@H](CC(CO)=C([C@H](O)CC/C(=C/c3cccc(O)c3)c3ccccn3)[C@@H]2CO)C(=O)N1C1CCN(Cc2ccccc2)CC1. The maximum absolute atomic E-state index is 14.0. The highest BCUT2D eigenvalue weighted by atomic mass is 16.3. The van der Waals surface area contributed by atoms with Gasteiger partial charge in [0.1, 0.15) is 5.75 Å². The Morgan fingerprint density at radius 3 is 2.40 bits per heavy atom. The minimum absolute atomic E-state index is 0.141. The summed E-state index contributed by atoms with van der Waals surface area (Å²) < 4.78 is 0. The first-order valence-electron chi connectivity index (χ1n) is 16.5. The highest BCUT2D eigenvalue weighted by Gasteiger charge is 2.56. The molecule has 0 spiro atoms. The molecule has 4 N–H and O–H groups in total. The van der Waals surface area contributed by atoms with Gasteiger partial charge in [-0.3, -0.25) is 24.4 Å². The number of amides is 2. The van der Waals surface area contributed by atoms with Crippen LogP contribution in [0, 0.1) is 17.8 Å². The molecule has 2 aliphatic heterocycles. The van der Waals surface area contributed by atoms with Crippen molar-refractivity contribution in [1.82, 2.24) is 14.8 Å². The van der Waals surface area contributed by atoms with Crippen molar-refractivity contribution < 1.29 is 30.0 Å². The fraction of sp³-hybridized carbons (Fsp3) is 0.395. The van der Waals surface area contributed by atoms with Crippen LogP contribution in [0.1, 0.15) is 48.9 Å². The van der Waals surface area contributed by atoms with Gasteiger partial charge in [-0.1, -0.05) is 48.5 Å². The van der Waals surface area contributed by atoms with Crippen LogP contribution in [0.3, 0.4) is 0 Å². The maximum atomic E-state index is 14.0. The van der Waals surface area contributed by atoms with Crippen molar-refractivity contribution in [1.29, 1.82) is 0 Å². The molecule has 1 aromatic heterocycles. The second-order valence-corrected chi connectivity index (χ2v) is 12.9. The van der Waals surface area contributed by atoms with Crippen LogP contribution in [-0.4, -0.2) is 85.5 Å². The van der Waals surface area contributed by atoms with Gasteiger partial charge in [0.25, 0.3) is 0 Å². The van der Waals surface area contributed by atoms with Gasteiger partial charge < -0.3 is 20.4 Å². The first-order chi connectivity index (χ1) is 22.9. The van der Waals surface area contributed by atoms with Gasteiger partial charge >= 0.3 is 0 Å². The van der Waals surface area contributed by atoms with Crippen LogP contribution in [0.15, 0.2) is 90.1 Å². The Bertz CT molecular complexity index is 1620. The zero-order valence-electron chi connectivity index (χ0n) is 26.5. The smallest absolute Gasteiger partial charge is 0.234 e. The molecule has 2 aromatic carbocycles. The van der Waals surface area contributed by atoms with E-state index in [1.54, 1.807) is 24.4 Å². The van der Waals surface area contributed by atoms with Crippen LogP contribution in [0.4, 0.5) is 0 Å². The molecule has 1 aliphatic carbocycles. The number of benzene rings is 2. The van der Waals surface area contributed by atoms with Crippen LogP contribution in [0.25, 0.3) is 11.6 Å². The number of piperidine rings is 1. The van der Waals surface area contributed by atoms with Gasteiger partial charge in [0, 0.05) is 37.8 Å². The van der Waals surface area contributed by atoms with E-state index in [0.717, 1.165) is 36.5 Å². The molecule has 0 unspecified atom stereocenters. The van der Waals surface area contributed by atoms with Gasteiger partial charge in [-0.25, -0.2) is 0 Å². The lowest BCUT2D eigenvalue weighted by Gasteiger charge is -2.36. The Kier molecular flexibility index (Phi) is 10.3. The van der Waals surface area contributed by atoms with Gasteiger partial charge in [-0.2, -0.15) is 0 Å². The Morgan fingerprint density at radius 1 is 0.957 bits per heavy atom. The number of pyridine rings is 1. The highest BCUT2D eigenvalue weighted by molar-refractivity contribution is 6.06. The molecular weight excluding hydrogens is 594 g/mol. The molecule has 47 heavy (non-hydrogen) atoms. The number of fused-ring (bicyclic) bond motifs is 1. The van der Waals surface area contributed by atoms with Gasteiger partial charge in [-0.05, 0) is 90.3 Å². The van der Waals surface area contributed by atoms with Crippen molar-refractivity contribution in [2.24, 2.45) is 17.8 Å². The number of carbonyl (C=O) groups is 2. The third-order valence-electron chi connectivity index (χ3n) is 10.0. The van der Waals surface area contributed by atoms with Crippen LogP contribution in [0.5, 0.6) is 5.75 Å². The van der Waals surface area contributed by atoms with Crippen LogP contribution >= 0.6 is 0 Å². The number of aliphatic hydroxyl groups excluding tert-OH is 3. The van der Waals surface area contributed by atoms with E-state index in [2.05, 4.69) is 22.0 Å². The molecular formula is C38H43N3O6. The summed E-state index contributed by atoms with van der Waals surface area (Å²) >= 11 is 0. The minimum atomic E-state index is -1.05. The summed E-state index contributed by atoms with van der Waals surface area (Å²) in [6.07, 6.45) is 4.77. The molecule has 0 bridgehead atoms. The Balaban J connectivity index is 1.18. The molecule has 0 saturated carbocycles. The normalized spacial score (nSPS) is 23.3. The van der Waals surface area contributed by atoms with Crippen molar-refractivity contribution in [3.8, 4) is 5.75 Å². The third kappa shape index (κ3) is 7.09. The summed E-state index contributed by atoms with van der Waals surface area (Å²) in [4.78, 5) is 36.1. The number of nitrogens with zero attached hydrogens (tertiary/aromatic N) is 3. The molecule has 2 saturated heterocycles. The van der Waals surface area contributed by atoms with Crippen LogP contribution in [0.2, 0.25) is 0 Å². The van der Waals surface area contributed by atoms with Crippen LogP contribution < -0.4 is 0 Å². The minimum Gasteiger partial charge on any atom is -0.508 e. The summed E-state index contributed by atoms with van der Waals surface area (Å²) in [7, 11) is 0. The Hall–Kier alpha value is -4.15. The van der Waals surface area contributed by atoms with E-state index >= 15 is 0 Å². The number of carbonyl (C=O) groups excluding carboxylic acids is 2. The summed E-state index contributed by atoms with van der Waals surface area (Å²) in [5.41, 5.74) is 4.57. The van der Waals surface area contributed by atoms with Gasteiger partial charge in [0.05, 0.1) is 36.8 Å². The molecule has 2 amide bonds. The molecule has 0 radical (unpaired) electrons. The first kappa shape index (κ1) is 32.8. The number of phenolic OH excluding ortho intramolecular Hbond substituents is 1. The van der Waals surface area contributed by atoms with Crippen molar-refractivity contribution in [3.63, 3.8) is 0 Å². The summed E-state index contributed by atoms with van der Waals surface area (Å²) in [6, 6.07) is 22.5. The number of phenols is 1. The number of hydrogen-bond donors (Lipinski definition) is 4. The Labute approximate surface area is 275 Å². The molecule has 2 fully saturated rings. The molecule has 3 aromatic rings. The number of aromatic nitrogens is 1. The maximum Gasteiger partial charge on any atom is 0.234 e. The molecule has 9 nitrogen and oxygen atoms in total. The second-order valence-electron chi connectivity index (χ2n) is 12.9. The number of imide groups is 1. The number of likely N-dealkylation sites (tertiary alicyclic amines) is 2. The van der Waals surface area contributed by atoms with E-state index in [1.807, 2.05) is 48.5 Å². The molecule has 9 heteroatoms. The van der Waals surface area contributed by atoms with E-state index in [4.69, 9.17) is 0 Å². The monoisotopic (exact) mass is 637 g/mol. The molecule has 3 aliphatic rings. The first-order valence-corrected chi connectivity index (χ1v) is 16.5. The van der Waals surface area contributed by atoms with E-state index in [9.17, 15) is 30.0 Å². The van der Waals surface area contributed by atoms with Crippen LogP contribution in [-0.2, 0) is 16.1 Å². The molecule has 3 heterocycles. The molecule has 246 valence electrons. The zero-order valence-corrected chi connectivity index (χ0v) is 26.5. The Morgan fingerprint density at radius 2 is 1.72 bits per heavy atom. The summed E-state index contributed by atoms with van der Waals surface area (Å²) in [6.45, 7) is 1.59. The average Bonchev–Trinajstić information content (AvgIpc) is 3.35. The number of rotatable bonds is 11. The summed E-state index contributed by atoms with van der Waals surface area (Å²) in [5.74, 6) is -2.56. The van der Waals surface area contributed by atoms with Crippen molar-refractivity contribution in [3.05, 3.63) is 107 Å². The number of aliphatic hydroxyl groups is 3. The van der Waals surface area contributed by atoms with E-state index in [-0.39, 0.29) is 43.1 Å². The quantitative estimate of drug-likeness (QED) is 0.183. The predicted octanol–water partition coefficient (Wildman–Crippen LogP) is 4.04. The average molecular weight is 638 g/mol. The molecule has 6 rings (SSSR count). The zero-order chi connectivity index (χ0) is 32.9. The van der Waals surface area contributed by atoms with Gasteiger partial charge in [0.15, 0.2) is 0 Å². The second kappa shape index (κ2) is 14.7. The van der Waals surface area contributed by atoms with Crippen molar-refractivity contribution in [2.45, 2.75) is 50.8 Å². The third-order valence-corrected chi connectivity index (χ3v) is 10.0. The lowest BCUT2D eigenvalue weighted by Crippen LogP contribution is -2.47. The van der Waals surface area contributed by atoms with Crippen molar-refractivity contribution >= 4 is 23.5 Å². The van der Waals surface area contributed by atoms with Crippen molar-refractivity contribution in [2.75, 3.05) is 26.3 Å². The fourth-order valence-electron chi connectivity index (χ4n) is 7.76. The lowest BCUT2D eigenvalue weighted by atomic mass is 9.68. The largest absolute Gasteiger partial charge is 0.508 e. The predicted molar refractivity (Wildman–Crippen MR) is 178 cm³/mol. The van der Waals surface area contributed by atoms with E-state index in [1.165, 1.54) is 10.5 Å². The summed E-state index contributed by atoms with van der Waals surface area (Å²) in [5, 5.41) is 42.7. The number of hydrogen-bond acceptors (Lipinski definition) is 8. The standard InChI is InChI=1S/C38H43N3O6/c42-23-28-21-31-36(38(47)41(37(31)46)29-14-17-40(18-15-29)22-25-7-2-1-3-8-25)32(24-43)35(28)34(45)13-12-27(33-11-4-5-16-39-33)19-26-9-6-10-30(44)20-26/h1-11,16,19-20,29,31-32,34,36,42-45H,12-15,17-18,21-24H2/b27-19-/t31-,32+,34-,36-/m1/s1. The number of aromatic hydroxyl groups is 1.